The number of rotatable bonds is 44. The normalized spacial score (nSPS) is 12.8. The topological polar surface area (TPSA) is 78.9 Å². The number of ether oxygens (including phenoxy) is 3. The van der Waals surface area contributed by atoms with Gasteiger partial charge in [-0.05, 0) is 89.9 Å². The van der Waals surface area contributed by atoms with Crippen LogP contribution in [0.2, 0.25) is 0 Å². The second-order valence-electron chi connectivity index (χ2n) is 16.4. The standard InChI is InChI=1S/C55H92O6/c1-4-7-10-13-16-19-22-25-26-27-28-31-33-36-39-42-45-48-54(57)60-51-52(61-55(58)49-46-43-40-37-34-30-24-21-18-15-12-9-6-3)50-59-53(56)47-44-41-38-35-32-29-23-20-17-14-11-8-5-2/h9,12,15-16,18-19,21,24-26,29,32,38,41,52H,4-8,10-11,13-14,17,20,22-23,27-28,30-31,33-37,39-40,42-51H2,1-3H3/b12-9-,18-15-,19-16-,24-21-,26-25-,32-29-,41-38-. The van der Waals surface area contributed by atoms with Gasteiger partial charge in [0.15, 0.2) is 6.10 Å². The molecule has 0 saturated carbocycles. The highest BCUT2D eigenvalue weighted by molar-refractivity contribution is 5.71. The molecule has 348 valence electrons. The Labute approximate surface area is 375 Å². The first kappa shape index (κ1) is 57.6. The van der Waals surface area contributed by atoms with Gasteiger partial charge in [-0.2, -0.15) is 0 Å². The van der Waals surface area contributed by atoms with Crippen LogP contribution in [0, 0.1) is 0 Å². The van der Waals surface area contributed by atoms with Crippen LogP contribution in [0.15, 0.2) is 85.1 Å². The molecule has 0 heterocycles. The van der Waals surface area contributed by atoms with Crippen LogP contribution in [0.5, 0.6) is 0 Å². The van der Waals surface area contributed by atoms with Crippen molar-refractivity contribution in [2.75, 3.05) is 13.2 Å². The smallest absolute Gasteiger partial charge is 0.306 e. The first-order valence-electron chi connectivity index (χ1n) is 25.1. The maximum atomic E-state index is 12.8. The molecule has 0 aliphatic heterocycles. The Kier molecular flexibility index (Phi) is 46.5. The van der Waals surface area contributed by atoms with Crippen molar-refractivity contribution in [3.8, 4) is 0 Å². The minimum atomic E-state index is -0.812. The Balaban J connectivity index is 4.47. The van der Waals surface area contributed by atoms with Crippen LogP contribution < -0.4 is 0 Å². The second kappa shape index (κ2) is 49.2. The maximum absolute atomic E-state index is 12.8. The van der Waals surface area contributed by atoms with Gasteiger partial charge in [0.2, 0.25) is 0 Å². The predicted molar refractivity (Wildman–Crippen MR) is 261 cm³/mol. The molecule has 0 radical (unpaired) electrons. The third-order valence-corrected chi connectivity index (χ3v) is 10.4. The van der Waals surface area contributed by atoms with E-state index in [1.165, 1.54) is 89.9 Å². The summed E-state index contributed by atoms with van der Waals surface area (Å²) in [7, 11) is 0. The molecule has 6 nitrogen and oxygen atoms in total. The van der Waals surface area contributed by atoms with Crippen molar-refractivity contribution in [1.82, 2.24) is 0 Å². The molecule has 1 unspecified atom stereocenters. The van der Waals surface area contributed by atoms with E-state index >= 15 is 0 Å². The number of unbranched alkanes of at least 4 members (excludes halogenated alkanes) is 21. The molecule has 0 rings (SSSR count). The number of hydrogen-bond acceptors (Lipinski definition) is 6. The van der Waals surface area contributed by atoms with Gasteiger partial charge in [-0.25, -0.2) is 0 Å². The lowest BCUT2D eigenvalue weighted by Gasteiger charge is -2.18. The van der Waals surface area contributed by atoms with Crippen LogP contribution in [0.3, 0.4) is 0 Å². The molecule has 0 bridgehead atoms. The van der Waals surface area contributed by atoms with Crippen LogP contribution in [-0.4, -0.2) is 37.2 Å². The van der Waals surface area contributed by atoms with Gasteiger partial charge in [0.25, 0.3) is 0 Å². The van der Waals surface area contributed by atoms with E-state index in [9.17, 15) is 14.4 Å². The van der Waals surface area contributed by atoms with Crippen LogP contribution in [0.1, 0.15) is 226 Å². The number of carbonyl (C=O) groups excluding carboxylic acids is 3. The Bertz CT molecular complexity index is 1200. The highest BCUT2D eigenvalue weighted by Gasteiger charge is 2.19. The molecular weight excluding hydrogens is 757 g/mol. The molecule has 61 heavy (non-hydrogen) atoms. The van der Waals surface area contributed by atoms with Crippen molar-refractivity contribution in [2.24, 2.45) is 0 Å². The molecule has 0 aliphatic rings. The monoisotopic (exact) mass is 849 g/mol. The highest BCUT2D eigenvalue weighted by atomic mass is 16.6. The summed E-state index contributed by atoms with van der Waals surface area (Å²) in [5.74, 6) is -1.01. The Morgan fingerprint density at radius 3 is 1.25 bits per heavy atom. The van der Waals surface area contributed by atoms with Gasteiger partial charge in [0, 0.05) is 19.3 Å². The Morgan fingerprint density at radius 2 is 0.738 bits per heavy atom. The summed E-state index contributed by atoms with van der Waals surface area (Å²) in [6, 6.07) is 0. The predicted octanol–water partition coefficient (Wildman–Crippen LogP) is 16.4. The van der Waals surface area contributed by atoms with E-state index in [1.807, 2.05) is 6.08 Å². The first-order chi connectivity index (χ1) is 30.0. The number of esters is 3. The van der Waals surface area contributed by atoms with Gasteiger partial charge in [0.1, 0.15) is 13.2 Å². The summed E-state index contributed by atoms with van der Waals surface area (Å²) < 4.78 is 16.7. The molecule has 0 aromatic heterocycles. The molecule has 0 N–H and O–H groups in total. The second-order valence-corrected chi connectivity index (χ2v) is 16.4. The zero-order valence-electron chi connectivity index (χ0n) is 39.7. The van der Waals surface area contributed by atoms with E-state index in [-0.39, 0.29) is 37.5 Å². The molecule has 0 saturated heterocycles. The lowest BCUT2D eigenvalue weighted by molar-refractivity contribution is -0.166. The summed E-state index contributed by atoms with van der Waals surface area (Å²) in [5.41, 5.74) is 0. The van der Waals surface area contributed by atoms with Gasteiger partial charge in [-0.1, -0.05) is 202 Å². The van der Waals surface area contributed by atoms with E-state index in [0.29, 0.717) is 19.3 Å². The average molecular weight is 849 g/mol. The molecule has 0 aromatic rings. The maximum Gasteiger partial charge on any atom is 0.306 e. The first-order valence-corrected chi connectivity index (χ1v) is 25.1. The summed E-state index contributed by atoms with van der Waals surface area (Å²) >= 11 is 0. The van der Waals surface area contributed by atoms with E-state index < -0.39 is 6.10 Å². The average Bonchev–Trinajstić information content (AvgIpc) is 3.26. The SMILES string of the molecule is CC\C=C/C=C\C=C/CCCCCCCC(=O)OC(COC(=O)CC/C=C\C/C=C\CCCCCCCC)COC(=O)CCCCCCCCC/C=C\C/C=C\CCCCC. The van der Waals surface area contributed by atoms with Crippen molar-refractivity contribution in [1.29, 1.82) is 0 Å². The van der Waals surface area contributed by atoms with Crippen LogP contribution in [0.4, 0.5) is 0 Å². The molecule has 0 aliphatic carbocycles. The van der Waals surface area contributed by atoms with Gasteiger partial charge >= 0.3 is 17.9 Å². The molecule has 6 heteroatoms. The highest BCUT2D eigenvalue weighted by Crippen LogP contribution is 2.13. The zero-order chi connectivity index (χ0) is 44.4. The van der Waals surface area contributed by atoms with E-state index in [4.69, 9.17) is 14.2 Å². The minimum Gasteiger partial charge on any atom is -0.462 e. The molecule has 1 atom stereocenters. The summed E-state index contributed by atoms with van der Waals surface area (Å²) in [6.45, 7) is 6.38. The fraction of sp³-hybridized carbons (Fsp3) is 0.691. The van der Waals surface area contributed by atoms with Crippen molar-refractivity contribution >= 4 is 17.9 Å². The van der Waals surface area contributed by atoms with E-state index in [2.05, 4.69) is 99.8 Å². The fourth-order valence-electron chi connectivity index (χ4n) is 6.64. The molecule has 0 fully saturated rings. The number of allylic oxidation sites excluding steroid dienone is 14. The number of carbonyl (C=O) groups is 3. The summed E-state index contributed by atoms with van der Waals surface area (Å²) in [6.07, 6.45) is 62.9. The third kappa shape index (κ3) is 47.5. The van der Waals surface area contributed by atoms with E-state index in [0.717, 1.165) is 89.9 Å². The van der Waals surface area contributed by atoms with Gasteiger partial charge in [0.05, 0.1) is 0 Å². The lowest BCUT2D eigenvalue weighted by Crippen LogP contribution is -2.30. The van der Waals surface area contributed by atoms with Crippen molar-refractivity contribution in [3.63, 3.8) is 0 Å². The molecule has 0 amide bonds. The number of hydrogen-bond donors (Lipinski definition) is 0. The molecular formula is C55H92O6. The molecule has 0 spiro atoms. The largest absolute Gasteiger partial charge is 0.462 e. The Hall–Kier alpha value is -3.41. The van der Waals surface area contributed by atoms with Gasteiger partial charge < -0.3 is 14.2 Å². The summed E-state index contributed by atoms with van der Waals surface area (Å²) in [5, 5.41) is 0. The van der Waals surface area contributed by atoms with Crippen LogP contribution >= 0.6 is 0 Å². The Morgan fingerprint density at radius 1 is 0.361 bits per heavy atom. The zero-order valence-corrected chi connectivity index (χ0v) is 39.7. The summed E-state index contributed by atoms with van der Waals surface area (Å²) in [4.78, 5) is 37.9. The van der Waals surface area contributed by atoms with Gasteiger partial charge in [-0.3, -0.25) is 14.4 Å². The fourth-order valence-corrected chi connectivity index (χ4v) is 6.64. The third-order valence-electron chi connectivity index (χ3n) is 10.4. The van der Waals surface area contributed by atoms with Crippen molar-refractivity contribution in [2.45, 2.75) is 232 Å². The van der Waals surface area contributed by atoms with Crippen LogP contribution in [0.25, 0.3) is 0 Å². The minimum absolute atomic E-state index is 0.107. The van der Waals surface area contributed by atoms with Crippen LogP contribution in [-0.2, 0) is 28.6 Å². The van der Waals surface area contributed by atoms with E-state index in [1.54, 1.807) is 0 Å². The lowest BCUT2D eigenvalue weighted by atomic mass is 10.1. The van der Waals surface area contributed by atoms with Gasteiger partial charge in [-0.15, -0.1) is 0 Å². The quantitative estimate of drug-likeness (QED) is 0.0200. The van der Waals surface area contributed by atoms with Crippen molar-refractivity contribution < 1.29 is 28.6 Å². The van der Waals surface area contributed by atoms with Crippen molar-refractivity contribution in [3.05, 3.63) is 85.1 Å². The molecule has 0 aromatic carbocycles.